The summed E-state index contributed by atoms with van der Waals surface area (Å²) >= 11 is 1.20. The Kier molecular flexibility index (Phi) is 5.60. The van der Waals surface area contributed by atoms with E-state index in [0.717, 1.165) is 11.1 Å². The number of nitrogens with one attached hydrogen (secondary N) is 3. The highest BCUT2D eigenvalue weighted by Gasteiger charge is 2.12. The van der Waals surface area contributed by atoms with Gasteiger partial charge in [-0.2, -0.15) is 0 Å². The molecule has 3 rings (SSSR count). The van der Waals surface area contributed by atoms with Gasteiger partial charge in [-0.15, -0.1) is 11.3 Å². The minimum Gasteiger partial charge on any atom is -0.347 e. The van der Waals surface area contributed by atoms with Gasteiger partial charge in [-0.1, -0.05) is 48.0 Å². The first-order valence-corrected chi connectivity index (χ1v) is 8.90. The van der Waals surface area contributed by atoms with Crippen LogP contribution in [0.25, 0.3) is 0 Å². The third-order valence-corrected chi connectivity index (χ3v) is 4.32. The van der Waals surface area contributed by atoms with Crippen molar-refractivity contribution < 1.29 is 9.59 Å². The lowest BCUT2D eigenvalue weighted by Crippen LogP contribution is -2.23. The van der Waals surface area contributed by atoms with Crippen LogP contribution in [-0.4, -0.2) is 16.9 Å². The second kappa shape index (κ2) is 8.26. The predicted molar refractivity (Wildman–Crippen MR) is 104 cm³/mol. The van der Waals surface area contributed by atoms with E-state index >= 15 is 0 Å². The normalized spacial score (nSPS) is 10.2. The molecule has 2 aromatic carbocycles. The van der Waals surface area contributed by atoms with Gasteiger partial charge in [-0.3, -0.25) is 10.1 Å². The van der Waals surface area contributed by atoms with Crippen LogP contribution in [0.2, 0.25) is 0 Å². The Balaban J connectivity index is 1.52. The van der Waals surface area contributed by atoms with E-state index in [2.05, 4.69) is 20.9 Å². The highest BCUT2D eigenvalue weighted by atomic mass is 32.1. The summed E-state index contributed by atoms with van der Waals surface area (Å²) in [5, 5.41) is 10.1. The van der Waals surface area contributed by atoms with Crippen molar-refractivity contribution in [2.75, 3.05) is 10.6 Å². The van der Waals surface area contributed by atoms with Crippen molar-refractivity contribution in [1.82, 2.24) is 10.3 Å². The van der Waals surface area contributed by atoms with Crippen LogP contribution >= 0.6 is 11.3 Å². The lowest BCUT2D eigenvalue weighted by atomic mass is 10.2. The van der Waals surface area contributed by atoms with Gasteiger partial charge in [0.05, 0.1) is 0 Å². The van der Waals surface area contributed by atoms with Gasteiger partial charge >= 0.3 is 6.03 Å². The molecule has 7 heteroatoms. The number of urea groups is 1. The van der Waals surface area contributed by atoms with E-state index in [9.17, 15) is 9.59 Å². The van der Waals surface area contributed by atoms with Crippen LogP contribution in [0, 0.1) is 6.92 Å². The number of nitrogens with zero attached hydrogens (tertiary/aromatic N) is 1. The fraction of sp³-hybridized carbons (Fsp3) is 0.105. The van der Waals surface area contributed by atoms with Crippen molar-refractivity contribution in [1.29, 1.82) is 0 Å². The minimum atomic E-state index is -0.403. The average Bonchev–Trinajstić information content (AvgIpc) is 3.11. The van der Waals surface area contributed by atoms with Gasteiger partial charge < -0.3 is 10.6 Å². The largest absolute Gasteiger partial charge is 0.347 e. The lowest BCUT2D eigenvalue weighted by molar-refractivity contribution is 0.0946. The summed E-state index contributed by atoms with van der Waals surface area (Å²) < 4.78 is 0. The zero-order chi connectivity index (χ0) is 18.4. The first-order valence-electron chi connectivity index (χ1n) is 8.02. The van der Waals surface area contributed by atoms with Gasteiger partial charge in [0.1, 0.15) is 5.69 Å². The van der Waals surface area contributed by atoms with Crippen molar-refractivity contribution in [3.63, 3.8) is 0 Å². The number of aryl methyl sites for hydroxylation is 1. The van der Waals surface area contributed by atoms with Gasteiger partial charge in [0.2, 0.25) is 0 Å². The molecule has 1 heterocycles. The summed E-state index contributed by atoms with van der Waals surface area (Å²) in [5.41, 5.74) is 3.08. The van der Waals surface area contributed by atoms with Crippen LogP contribution in [0.5, 0.6) is 0 Å². The molecule has 0 aliphatic heterocycles. The third-order valence-electron chi connectivity index (χ3n) is 3.56. The number of hydrogen-bond acceptors (Lipinski definition) is 4. The molecular formula is C19H18N4O2S. The molecule has 3 amide bonds. The van der Waals surface area contributed by atoms with E-state index in [1.54, 1.807) is 5.38 Å². The zero-order valence-electron chi connectivity index (χ0n) is 14.2. The van der Waals surface area contributed by atoms with Crippen LogP contribution in [0.3, 0.4) is 0 Å². The maximum absolute atomic E-state index is 12.1. The predicted octanol–water partition coefficient (Wildman–Crippen LogP) is 4.03. The SMILES string of the molecule is Cc1ccc(NC(=O)Nc2nc(C(=O)NCc3ccccc3)cs2)cc1. The number of thiazole rings is 1. The lowest BCUT2D eigenvalue weighted by Gasteiger charge is -2.05. The monoisotopic (exact) mass is 366 g/mol. The maximum atomic E-state index is 12.1. The summed E-state index contributed by atoms with van der Waals surface area (Å²) in [6, 6.07) is 16.7. The number of amides is 3. The van der Waals surface area contributed by atoms with E-state index in [0.29, 0.717) is 17.4 Å². The van der Waals surface area contributed by atoms with E-state index in [1.165, 1.54) is 11.3 Å². The molecule has 0 saturated carbocycles. The molecule has 0 aliphatic carbocycles. The Morgan fingerprint density at radius 3 is 2.46 bits per heavy atom. The molecule has 0 fully saturated rings. The van der Waals surface area contributed by atoms with Gasteiger partial charge in [0.25, 0.3) is 5.91 Å². The van der Waals surface area contributed by atoms with Crippen molar-refractivity contribution in [2.45, 2.75) is 13.5 Å². The van der Waals surface area contributed by atoms with E-state index in [-0.39, 0.29) is 11.6 Å². The summed E-state index contributed by atoms with van der Waals surface area (Å²) in [7, 11) is 0. The smallest absolute Gasteiger partial charge is 0.325 e. The Labute approximate surface area is 155 Å². The fourth-order valence-corrected chi connectivity index (χ4v) is 2.89. The number of anilines is 2. The Morgan fingerprint density at radius 1 is 1.00 bits per heavy atom. The summed E-state index contributed by atoms with van der Waals surface area (Å²) in [4.78, 5) is 28.3. The molecule has 3 aromatic rings. The van der Waals surface area contributed by atoms with Crippen LogP contribution < -0.4 is 16.0 Å². The molecule has 0 atom stereocenters. The zero-order valence-corrected chi connectivity index (χ0v) is 15.0. The molecule has 3 N–H and O–H groups in total. The summed E-state index contributed by atoms with van der Waals surface area (Å²) in [6.07, 6.45) is 0. The van der Waals surface area contributed by atoms with E-state index < -0.39 is 6.03 Å². The topological polar surface area (TPSA) is 83.1 Å². The standard InChI is InChI=1S/C19H18N4O2S/c1-13-7-9-15(10-8-13)21-18(25)23-19-22-16(12-26-19)17(24)20-11-14-5-3-2-4-6-14/h2-10,12H,11H2,1H3,(H,20,24)(H2,21,22,23,25). The van der Waals surface area contributed by atoms with Crippen molar-refractivity contribution in [3.05, 3.63) is 76.8 Å². The molecule has 6 nitrogen and oxygen atoms in total. The first kappa shape index (κ1) is 17.6. The molecule has 1 aromatic heterocycles. The first-order chi connectivity index (χ1) is 12.6. The van der Waals surface area contributed by atoms with Crippen LogP contribution in [-0.2, 0) is 6.54 Å². The molecule has 26 heavy (non-hydrogen) atoms. The molecule has 0 bridgehead atoms. The second-order valence-corrected chi connectivity index (χ2v) is 6.51. The van der Waals surface area contributed by atoms with Gasteiger partial charge in [-0.05, 0) is 24.6 Å². The molecule has 0 spiro atoms. The maximum Gasteiger partial charge on any atom is 0.325 e. The number of aromatic nitrogens is 1. The van der Waals surface area contributed by atoms with Crippen LogP contribution in [0.15, 0.2) is 60.0 Å². The second-order valence-electron chi connectivity index (χ2n) is 5.65. The number of hydrogen-bond donors (Lipinski definition) is 3. The van der Waals surface area contributed by atoms with Gasteiger partial charge in [0.15, 0.2) is 5.13 Å². The summed E-state index contributed by atoms with van der Waals surface area (Å²) in [6.45, 7) is 2.40. The Morgan fingerprint density at radius 2 is 1.73 bits per heavy atom. The highest BCUT2D eigenvalue weighted by molar-refractivity contribution is 7.14. The highest BCUT2D eigenvalue weighted by Crippen LogP contribution is 2.16. The Bertz CT molecular complexity index is 891. The Hall–Kier alpha value is -3.19. The van der Waals surface area contributed by atoms with Gasteiger partial charge in [-0.25, -0.2) is 9.78 Å². The third kappa shape index (κ3) is 4.90. The molecule has 0 saturated heterocycles. The van der Waals surface area contributed by atoms with E-state index in [4.69, 9.17) is 0 Å². The van der Waals surface area contributed by atoms with Crippen molar-refractivity contribution in [3.8, 4) is 0 Å². The minimum absolute atomic E-state index is 0.275. The molecule has 0 radical (unpaired) electrons. The van der Waals surface area contributed by atoms with Crippen molar-refractivity contribution >= 4 is 34.1 Å². The fourth-order valence-electron chi connectivity index (χ4n) is 2.20. The molecule has 132 valence electrons. The number of carbonyl (C=O) groups excluding carboxylic acids is 2. The number of benzene rings is 2. The number of rotatable bonds is 5. The quantitative estimate of drug-likeness (QED) is 0.638. The average molecular weight is 366 g/mol. The van der Waals surface area contributed by atoms with Crippen molar-refractivity contribution in [2.24, 2.45) is 0 Å². The van der Waals surface area contributed by atoms with Gasteiger partial charge in [0, 0.05) is 17.6 Å². The van der Waals surface area contributed by atoms with Crippen LogP contribution in [0.1, 0.15) is 21.6 Å². The van der Waals surface area contributed by atoms with Crippen LogP contribution in [0.4, 0.5) is 15.6 Å². The molecule has 0 aliphatic rings. The molecule has 0 unspecified atom stereocenters. The molecular weight excluding hydrogens is 348 g/mol. The van der Waals surface area contributed by atoms with E-state index in [1.807, 2.05) is 61.5 Å². The summed E-state index contributed by atoms with van der Waals surface area (Å²) in [5.74, 6) is -0.280. The number of carbonyl (C=O) groups is 2.